The summed E-state index contributed by atoms with van der Waals surface area (Å²) >= 11 is 0. The molecule has 0 bridgehead atoms. The van der Waals surface area contributed by atoms with Crippen LogP contribution in [0.5, 0.6) is 0 Å². The number of amides is 2. The molecule has 2 amide bonds. The van der Waals surface area contributed by atoms with Gasteiger partial charge in [0.2, 0.25) is 0 Å². The van der Waals surface area contributed by atoms with E-state index < -0.39 is 6.03 Å². The first-order chi connectivity index (χ1) is 9.19. The largest absolute Gasteiger partial charge is 0.350 e. The van der Waals surface area contributed by atoms with Crippen LogP contribution in [-0.4, -0.2) is 11.7 Å². The molecule has 2 rings (SSSR count). The maximum atomic E-state index is 10.9. The molecule has 19 heavy (non-hydrogen) atoms. The number of primary amides is 1. The lowest BCUT2D eigenvalue weighted by molar-refractivity contribution is 0.249. The van der Waals surface area contributed by atoms with Gasteiger partial charge in [0.05, 0.1) is 0 Å². The highest BCUT2D eigenvalue weighted by atomic mass is 16.2. The predicted octanol–water partition coefficient (Wildman–Crippen LogP) is 2.93. The SMILES string of the molecule is CC[C@@]1(c2ccccc2)CCCC/C1=N\NC(N)=O. The summed E-state index contributed by atoms with van der Waals surface area (Å²) in [5.41, 5.74) is 9.80. The van der Waals surface area contributed by atoms with Crippen LogP contribution in [0.1, 0.15) is 44.6 Å². The van der Waals surface area contributed by atoms with Gasteiger partial charge in [-0.25, -0.2) is 10.2 Å². The molecule has 1 fully saturated rings. The third-order valence-electron chi connectivity index (χ3n) is 4.05. The van der Waals surface area contributed by atoms with Crippen LogP contribution in [0.2, 0.25) is 0 Å². The van der Waals surface area contributed by atoms with E-state index in [0.29, 0.717) is 0 Å². The summed E-state index contributed by atoms with van der Waals surface area (Å²) in [6.45, 7) is 2.18. The molecular weight excluding hydrogens is 238 g/mol. The van der Waals surface area contributed by atoms with Gasteiger partial charge >= 0.3 is 6.03 Å². The summed E-state index contributed by atoms with van der Waals surface area (Å²) in [6, 6.07) is 9.83. The molecule has 0 aromatic heterocycles. The van der Waals surface area contributed by atoms with E-state index in [1.165, 1.54) is 12.0 Å². The number of hydrazone groups is 1. The van der Waals surface area contributed by atoms with Gasteiger partial charge < -0.3 is 5.73 Å². The molecule has 1 saturated carbocycles. The summed E-state index contributed by atoms with van der Waals surface area (Å²) in [5, 5.41) is 4.28. The van der Waals surface area contributed by atoms with Gasteiger partial charge in [-0.3, -0.25) is 0 Å². The third-order valence-corrected chi connectivity index (χ3v) is 4.05. The minimum absolute atomic E-state index is 0.0536. The van der Waals surface area contributed by atoms with Crippen molar-refractivity contribution in [1.82, 2.24) is 5.43 Å². The lowest BCUT2D eigenvalue weighted by Crippen LogP contribution is -2.40. The van der Waals surface area contributed by atoms with Crippen LogP contribution >= 0.6 is 0 Å². The van der Waals surface area contributed by atoms with Gasteiger partial charge in [-0.05, 0) is 31.2 Å². The molecule has 1 aliphatic rings. The molecule has 4 heteroatoms. The van der Waals surface area contributed by atoms with Gasteiger partial charge in [0.15, 0.2) is 0 Å². The van der Waals surface area contributed by atoms with Crippen molar-refractivity contribution in [3.63, 3.8) is 0 Å². The number of rotatable bonds is 3. The number of hydrogen-bond donors (Lipinski definition) is 2. The van der Waals surface area contributed by atoms with E-state index in [1.807, 2.05) is 6.07 Å². The molecule has 0 radical (unpaired) electrons. The molecule has 0 heterocycles. The molecule has 1 aromatic carbocycles. The Kier molecular flexibility index (Phi) is 4.20. The molecule has 0 unspecified atom stereocenters. The Morgan fingerprint density at radius 1 is 1.37 bits per heavy atom. The second kappa shape index (κ2) is 5.87. The summed E-state index contributed by atoms with van der Waals surface area (Å²) in [5.74, 6) is 0. The van der Waals surface area contributed by atoms with E-state index in [9.17, 15) is 4.79 Å². The number of nitrogens with zero attached hydrogens (tertiary/aromatic N) is 1. The zero-order valence-electron chi connectivity index (χ0n) is 11.4. The minimum atomic E-state index is -0.601. The van der Waals surface area contributed by atoms with E-state index in [2.05, 4.69) is 41.7 Å². The van der Waals surface area contributed by atoms with Gasteiger partial charge in [-0.15, -0.1) is 0 Å². The fourth-order valence-electron chi connectivity index (χ4n) is 3.04. The van der Waals surface area contributed by atoms with Crippen LogP contribution < -0.4 is 11.2 Å². The fraction of sp³-hybridized carbons (Fsp3) is 0.467. The number of carbonyl (C=O) groups is 1. The van der Waals surface area contributed by atoms with E-state index in [0.717, 1.165) is 31.4 Å². The fourth-order valence-corrected chi connectivity index (χ4v) is 3.04. The van der Waals surface area contributed by atoms with Crippen molar-refractivity contribution < 1.29 is 4.79 Å². The van der Waals surface area contributed by atoms with Crippen molar-refractivity contribution in [2.45, 2.75) is 44.4 Å². The first kappa shape index (κ1) is 13.6. The van der Waals surface area contributed by atoms with Crippen LogP contribution in [0.15, 0.2) is 35.4 Å². The molecule has 1 aliphatic carbocycles. The maximum absolute atomic E-state index is 10.9. The van der Waals surface area contributed by atoms with Gasteiger partial charge in [-0.1, -0.05) is 43.7 Å². The average Bonchev–Trinajstić information content (AvgIpc) is 2.46. The Morgan fingerprint density at radius 2 is 2.11 bits per heavy atom. The summed E-state index contributed by atoms with van der Waals surface area (Å²) < 4.78 is 0. The second-order valence-electron chi connectivity index (χ2n) is 5.04. The highest BCUT2D eigenvalue weighted by molar-refractivity contribution is 5.96. The van der Waals surface area contributed by atoms with Gasteiger partial charge in [0, 0.05) is 11.1 Å². The van der Waals surface area contributed by atoms with Gasteiger partial charge in [0.1, 0.15) is 0 Å². The number of nitrogens with one attached hydrogen (secondary N) is 1. The molecule has 0 spiro atoms. The molecule has 1 atom stereocenters. The van der Waals surface area contributed by atoms with Gasteiger partial charge in [-0.2, -0.15) is 5.10 Å². The number of carbonyl (C=O) groups excluding carboxylic acids is 1. The molecule has 0 aliphatic heterocycles. The van der Waals surface area contributed by atoms with E-state index in [1.54, 1.807) is 0 Å². The molecule has 4 nitrogen and oxygen atoms in total. The Hall–Kier alpha value is -1.84. The smallest absolute Gasteiger partial charge is 0.332 e. The zero-order chi connectivity index (χ0) is 13.7. The summed E-state index contributed by atoms with van der Waals surface area (Å²) in [7, 11) is 0. The zero-order valence-corrected chi connectivity index (χ0v) is 11.4. The summed E-state index contributed by atoms with van der Waals surface area (Å²) in [6.07, 6.45) is 5.29. The predicted molar refractivity (Wildman–Crippen MR) is 77.0 cm³/mol. The highest BCUT2D eigenvalue weighted by Crippen LogP contribution is 2.40. The standard InChI is InChI=1S/C15H21N3O/c1-2-15(12-8-4-3-5-9-12)11-7-6-10-13(15)17-18-14(16)19/h3-5,8-9H,2,6-7,10-11H2,1H3,(H3,16,18,19)/b17-13+/t15-/m0/s1. The van der Waals surface area contributed by atoms with Crippen LogP contribution in [0.25, 0.3) is 0 Å². The Bertz CT molecular complexity index is 470. The number of nitrogens with two attached hydrogens (primary N) is 1. The minimum Gasteiger partial charge on any atom is -0.350 e. The van der Waals surface area contributed by atoms with E-state index in [4.69, 9.17) is 5.73 Å². The van der Waals surface area contributed by atoms with Gasteiger partial charge in [0.25, 0.3) is 0 Å². The first-order valence-corrected chi connectivity index (χ1v) is 6.87. The molecule has 1 aromatic rings. The first-order valence-electron chi connectivity index (χ1n) is 6.87. The van der Waals surface area contributed by atoms with E-state index in [-0.39, 0.29) is 5.41 Å². The quantitative estimate of drug-likeness (QED) is 0.805. The number of hydrogen-bond acceptors (Lipinski definition) is 2. The Balaban J connectivity index is 2.39. The van der Waals surface area contributed by atoms with Crippen molar-refractivity contribution in [1.29, 1.82) is 0 Å². The monoisotopic (exact) mass is 259 g/mol. The topological polar surface area (TPSA) is 67.5 Å². The Labute approximate surface area is 114 Å². The van der Waals surface area contributed by atoms with Crippen LogP contribution in [0.4, 0.5) is 4.79 Å². The normalized spacial score (nSPS) is 25.2. The summed E-state index contributed by atoms with van der Waals surface area (Å²) in [4.78, 5) is 10.9. The van der Waals surface area contributed by atoms with Crippen molar-refractivity contribution in [2.24, 2.45) is 10.8 Å². The lowest BCUT2D eigenvalue weighted by Gasteiger charge is -2.38. The van der Waals surface area contributed by atoms with Crippen molar-refractivity contribution in [3.8, 4) is 0 Å². The lowest BCUT2D eigenvalue weighted by atomic mass is 9.66. The molecule has 3 N–H and O–H groups in total. The molecular formula is C15H21N3O. The average molecular weight is 259 g/mol. The van der Waals surface area contributed by atoms with Crippen molar-refractivity contribution >= 4 is 11.7 Å². The highest BCUT2D eigenvalue weighted by Gasteiger charge is 2.37. The number of urea groups is 1. The van der Waals surface area contributed by atoms with Crippen LogP contribution in [0.3, 0.4) is 0 Å². The molecule has 0 saturated heterocycles. The molecule has 102 valence electrons. The second-order valence-corrected chi connectivity index (χ2v) is 5.04. The van der Waals surface area contributed by atoms with Crippen LogP contribution in [0, 0.1) is 0 Å². The Morgan fingerprint density at radius 3 is 2.74 bits per heavy atom. The third kappa shape index (κ3) is 2.78. The number of benzene rings is 1. The van der Waals surface area contributed by atoms with Crippen molar-refractivity contribution in [3.05, 3.63) is 35.9 Å². The van der Waals surface area contributed by atoms with Crippen molar-refractivity contribution in [2.75, 3.05) is 0 Å². The maximum Gasteiger partial charge on any atom is 0.332 e. The van der Waals surface area contributed by atoms with Crippen LogP contribution in [-0.2, 0) is 5.41 Å². The van der Waals surface area contributed by atoms with E-state index >= 15 is 0 Å².